The summed E-state index contributed by atoms with van der Waals surface area (Å²) < 4.78 is 15.9. The second-order valence-electron chi connectivity index (χ2n) is 3.64. The van der Waals surface area contributed by atoms with Crippen LogP contribution in [0, 0.1) is 10.8 Å². The lowest BCUT2D eigenvalue weighted by atomic mass is 10.2. The van der Waals surface area contributed by atoms with E-state index in [1.807, 2.05) is 18.2 Å². The zero-order valence-corrected chi connectivity index (χ0v) is 11.9. The van der Waals surface area contributed by atoms with Crippen LogP contribution < -0.4 is 14.4 Å². The van der Waals surface area contributed by atoms with E-state index >= 15 is 0 Å². The van der Waals surface area contributed by atoms with Gasteiger partial charge >= 0.3 is 0 Å². The standard InChI is InChI=1S/C12H17NO3.ClH.N2/c1-14-10-3-4-12(15-2)11(9-10)13-5-7-16-8-6-13;;1-2/h3-4,9H,5-8H2,1-2H3;1H;. The molecule has 1 aromatic rings. The smallest absolute Gasteiger partial charge is 0.142 e. The van der Waals surface area contributed by atoms with Gasteiger partial charge in [0.05, 0.1) is 33.1 Å². The third-order valence-corrected chi connectivity index (χ3v) is 2.74. The first-order chi connectivity index (χ1) is 8.85. The molecule has 0 aromatic heterocycles. The Balaban J connectivity index is 0.00000103. The van der Waals surface area contributed by atoms with Gasteiger partial charge in [-0.1, -0.05) is 0 Å². The number of hydrogen-bond donors (Lipinski definition) is 0. The number of morpholine rings is 1. The van der Waals surface area contributed by atoms with Crippen LogP contribution in [0.4, 0.5) is 5.69 Å². The molecule has 106 valence electrons. The fourth-order valence-electron chi connectivity index (χ4n) is 1.85. The van der Waals surface area contributed by atoms with E-state index in [4.69, 9.17) is 25.0 Å². The van der Waals surface area contributed by atoms with E-state index in [0.29, 0.717) is 0 Å². The van der Waals surface area contributed by atoms with E-state index in [0.717, 1.165) is 43.5 Å². The molecule has 6 nitrogen and oxygen atoms in total. The summed E-state index contributed by atoms with van der Waals surface area (Å²) in [5.74, 6) is 1.73. The molecule has 0 amide bonds. The van der Waals surface area contributed by atoms with Gasteiger partial charge in [0, 0.05) is 29.9 Å². The molecule has 1 heterocycles. The minimum Gasteiger partial charge on any atom is -0.497 e. The van der Waals surface area contributed by atoms with Crippen LogP contribution in [-0.4, -0.2) is 40.5 Å². The summed E-state index contributed by atoms with van der Waals surface area (Å²) >= 11 is 0. The second kappa shape index (κ2) is 9.25. The van der Waals surface area contributed by atoms with Crippen molar-refractivity contribution in [1.82, 2.24) is 0 Å². The highest BCUT2D eigenvalue weighted by atomic mass is 35.5. The second-order valence-corrected chi connectivity index (χ2v) is 3.64. The van der Waals surface area contributed by atoms with Crippen molar-refractivity contribution in [3.05, 3.63) is 18.2 Å². The van der Waals surface area contributed by atoms with Crippen molar-refractivity contribution in [1.29, 1.82) is 10.8 Å². The molecule has 0 radical (unpaired) electrons. The van der Waals surface area contributed by atoms with E-state index in [1.54, 1.807) is 14.2 Å². The van der Waals surface area contributed by atoms with Crippen molar-refractivity contribution < 1.29 is 14.2 Å². The van der Waals surface area contributed by atoms with Crippen LogP contribution in [0.2, 0.25) is 0 Å². The molecule has 7 heteroatoms. The number of nitrogens with zero attached hydrogens (tertiary/aromatic N) is 3. The van der Waals surface area contributed by atoms with Gasteiger partial charge in [-0.2, -0.15) is 0 Å². The van der Waals surface area contributed by atoms with Crippen molar-refractivity contribution in [2.75, 3.05) is 45.4 Å². The predicted octanol–water partition coefficient (Wildman–Crippen LogP) is 1.99. The van der Waals surface area contributed by atoms with Crippen LogP contribution in [0.5, 0.6) is 11.5 Å². The minimum atomic E-state index is 0. The van der Waals surface area contributed by atoms with Crippen molar-refractivity contribution in [2.45, 2.75) is 0 Å². The summed E-state index contributed by atoms with van der Waals surface area (Å²) in [6, 6.07) is 5.84. The van der Waals surface area contributed by atoms with Crippen molar-refractivity contribution in [3.63, 3.8) is 0 Å². The van der Waals surface area contributed by atoms with Crippen LogP contribution in [0.1, 0.15) is 0 Å². The first-order valence-corrected chi connectivity index (χ1v) is 5.60. The number of hydrogen-bond acceptors (Lipinski definition) is 6. The molecule has 0 bridgehead atoms. The third-order valence-electron chi connectivity index (χ3n) is 2.74. The molecule has 0 aliphatic carbocycles. The van der Waals surface area contributed by atoms with Gasteiger partial charge in [-0.25, -0.2) is 0 Å². The van der Waals surface area contributed by atoms with Crippen molar-refractivity contribution in [2.24, 2.45) is 0 Å². The molecule has 1 fully saturated rings. The number of benzene rings is 1. The maximum atomic E-state index is 6.00. The first kappa shape index (κ1) is 17.3. The zero-order valence-electron chi connectivity index (χ0n) is 11.0. The molecule has 1 saturated heterocycles. The summed E-state index contributed by atoms with van der Waals surface area (Å²) in [7, 11) is 3.36. The van der Waals surface area contributed by atoms with Gasteiger partial charge in [-0.15, -0.1) is 12.4 Å². The van der Waals surface area contributed by atoms with Gasteiger partial charge in [0.15, 0.2) is 0 Å². The van der Waals surface area contributed by atoms with E-state index in [2.05, 4.69) is 4.90 Å². The monoisotopic (exact) mass is 287 g/mol. The minimum absolute atomic E-state index is 0. The first-order valence-electron chi connectivity index (χ1n) is 5.60. The van der Waals surface area contributed by atoms with Gasteiger partial charge in [-0.05, 0) is 12.1 Å². The number of halogens is 1. The van der Waals surface area contributed by atoms with Gasteiger partial charge < -0.3 is 19.1 Å². The van der Waals surface area contributed by atoms with Gasteiger partial charge in [-0.3, -0.25) is 0 Å². The largest absolute Gasteiger partial charge is 0.497 e. The highest BCUT2D eigenvalue weighted by Gasteiger charge is 2.16. The van der Waals surface area contributed by atoms with E-state index in [-0.39, 0.29) is 12.4 Å². The third kappa shape index (κ3) is 4.47. The Kier molecular flexibility index (Phi) is 8.42. The average molecular weight is 288 g/mol. The molecule has 1 aliphatic heterocycles. The number of rotatable bonds is 3. The summed E-state index contributed by atoms with van der Waals surface area (Å²) in [4.78, 5) is 2.25. The lowest BCUT2D eigenvalue weighted by Crippen LogP contribution is -2.36. The highest BCUT2D eigenvalue weighted by Crippen LogP contribution is 2.32. The number of methoxy groups -OCH3 is 2. The summed E-state index contributed by atoms with van der Waals surface area (Å²) in [5, 5.41) is 12.0. The molecule has 0 N–H and O–H groups in total. The van der Waals surface area contributed by atoms with E-state index < -0.39 is 0 Å². The maximum absolute atomic E-state index is 6.00. The quantitative estimate of drug-likeness (QED) is 0.791. The Morgan fingerprint density at radius 1 is 1.11 bits per heavy atom. The van der Waals surface area contributed by atoms with E-state index in [1.165, 1.54) is 0 Å². The molecule has 1 aromatic carbocycles. The molecular weight excluding hydrogens is 270 g/mol. The normalized spacial score (nSPS) is 13.6. The van der Waals surface area contributed by atoms with Crippen LogP contribution in [0.15, 0.2) is 18.2 Å². The average Bonchev–Trinajstić information content (AvgIpc) is 2.49. The molecule has 19 heavy (non-hydrogen) atoms. The molecule has 0 atom stereocenters. The van der Waals surface area contributed by atoms with Crippen LogP contribution in [-0.2, 0) is 4.74 Å². The lowest BCUT2D eigenvalue weighted by Gasteiger charge is -2.30. The molecule has 1 aliphatic rings. The Bertz CT molecular complexity index is 395. The van der Waals surface area contributed by atoms with Crippen molar-refractivity contribution >= 4 is 18.1 Å². The Labute approximate surface area is 119 Å². The molecule has 0 unspecified atom stereocenters. The maximum Gasteiger partial charge on any atom is 0.142 e. The fraction of sp³-hybridized carbons (Fsp3) is 0.500. The Hall–Kier alpha value is -1.71. The van der Waals surface area contributed by atoms with Crippen molar-refractivity contribution in [3.8, 4) is 11.5 Å². The molecular formula is C12H18ClN3O3. The van der Waals surface area contributed by atoms with Crippen LogP contribution >= 0.6 is 12.4 Å². The Morgan fingerprint density at radius 2 is 1.74 bits per heavy atom. The zero-order chi connectivity index (χ0) is 13.4. The highest BCUT2D eigenvalue weighted by molar-refractivity contribution is 5.85. The molecule has 0 spiro atoms. The Morgan fingerprint density at radius 3 is 2.26 bits per heavy atom. The van der Waals surface area contributed by atoms with Crippen LogP contribution in [0.3, 0.4) is 0 Å². The fourth-order valence-corrected chi connectivity index (χ4v) is 1.85. The number of ether oxygens (including phenoxy) is 3. The summed E-state index contributed by atoms with van der Waals surface area (Å²) in [5.41, 5.74) is 1.07. The van der Waals surface area contributed by atoms with E-state index in [9.17, 15) is 0 Å². The SMILES string of the molecule is COc1ccc(OC)c(N2CCOCC2)c1.Cl.N#N. The summed E-state index contributed by atoms with van der Waals surface area (Å²) in [6.07, 6.45) is 0. The predicted molar refractivity (Wildman–Crippen MR) is 73.3 cm³/mol. The number of anilines is 1. The van der Waals surface area contributed by atoms with Gasteiger partial charge in [0.2, 0.25) is 0 Å². The molecule has 0 saturated carbocycles. The van der Waals surface area contributed by atoms with Gasteiger partial charge in [0.25, 0.3) is 0 Å². The lowest BCUT2D eigenvalue weighted by molar-refractivity contribution is 0.122. The van der Waals surface area contributed by atoms with Crippen LogP contribution in [0.25, 0.3) is 0 Å². The van der Waals surface area contributed by atoms with Gasteiger partial charge in [0.1, 0.15) is 11.5 Å². The topological polar surface area (TPSA) is 78.5 Å². The summed E-state index contributed by atoms with van der Waals surface area (Å²) in [6.45, 7) is 3.31. The molecule has 2 rings (SSSR count).